The van der Waals surface area contributed by atoms with Crippen LogP contribution in [-0.4, -0.2) is 58.3 Å². The lowest BCUT2D eigenvalue weighted by Gasteiger charge is -2.38. The average Bonchev–Trinajstić information content (AvgIpc) is 2.98. The van der Waals surface area contributed by atoms with Crippen molar-refractivity contribution < 1.29 is 23.5 Å². The van der Waals surface area contributed by atoms with E-state index >= 15 is 0 Å². The van der Waals surface area contributed by atoms with Gasteiger partial charge in [0.15, 0.2) is 25.6 Å². The Balaban J connectivity index is 2.08. The molecule has 0 N–H and O–H groups in total. The highest BCUT2D eigenvalue weighted by Gasteiger charge is 2.40. The van der Waals surface area contributed by atoms with E-state index in [1.54, 1.807) is 30.2 Å². The summed E-state index contributed by atoms with van der Waals surface area (Å²) in [4.78, 5) is 26.9. The number of carbonyl (C=O) groups is 2. The molecule has 2 rings (SSSR count). The van der Waals surface area contributed by atoms with Gasteiger partial charge in [-0.2, -0.15) is 0 Å². The van der Waals surface area contributed by atoms with E-state index in [1.807, 2.05) is 0 Å². The smallest absolute Gasteiger partial charge is 0.223 e. The summed E-state index contributed by atoms with van der Waals surface area (Å²) in [5.41, 5.74) is 0.501. The van der Waals surface area contributed by atoms with Crippen LogP contribution in [0.25, 0.3) is 0 Å². The van der Waals surface area contributed by atoms with Gasteiger partial charge in [0.2, 0.25) is 5.91 Å². The van der Waals surface area contributed by atoms with E-state index in [0.29, 0.717) is 30.1 Å². The van der Waals surface area contributed by atoms with Crippen molar-refractivity contribution in [1.82, 2.24) is 4.90 Å². The van der Waals surface area contributed by atoms with Gasteiger partial charge in [-0.25, -0.2) is 0 Å². The highest BCUT2D eigenvalue weighted by Crippen LogP contribution is 2.37. The Morgan fingerprint density at radius 2 is 1.82 bits per heavy atom. The maximum atomic E-state index is 12.8. The summed E-state index contributed by atoms with van der Waals surface area (Å²) < 4.78 is 16.8. The van der Waals surface area contributed by atoms with Crippen molar-refractivity contribution >= 4 is 20.0 Å². The number of likely N-dealkylation sites (tertiary alicyclic amines) is 1. The number of rotatable bonds is 8. The number of methoxy groups -OCH3 is 2. The van der Waals surface area contributed by atoms with Gasteiger partial charge < -0.3 is 18.8 Å². The zero-order valence-corrected chi connectivity index (χ0v) is 19.1. The van der Waals surface area contributed by atoms with E-state index in [9.17, 15) is 9.59 Å². The number of Topliss-reactive ketones (excluding diaryl/α,β-unsaturated/α-hetero) is 1. The highest BCUT2D eigenvalue weighted by atomic mass is 28.4. The molecular formula is C21H33NO5Si. The summed E-state index contributed by atoms with van der Waals surface area (Å²) in [6, 6.07) is 5.01. The molecule has 1 aromatic rings. The summed E-state index contributed by atoms with van der Waals surface area (Å²) in [6.45, 7) is 11.5. The van der Waals surface area contributed by atoms with Crippen LogP contribution >= 0.6 is 0 Å². The van der Waals surface area contributed by atoms with Crippen LogP contribution in [0.15, 0.2) is 18.2 Å². The van der Waals surface area contributed by atoms with Gasteiger partial charge in [0.1, 0.15) is 0 Å². The Morgan fingerprint density at radius 3 is 2.39 bits per heavy atom. The third kappa shape index (κ3) is 4.94. The first kappa shape index (κ1) is 22.4. The van der Waals surface area contributed by atoms with E-state index in [-0.39, 0.29) is 29.3 Å². The second-order valence-corrected chi connectivity index (χ2v) is 13.6. The van der Waals surface area contributed by atoms with Gasteiger partial charge in [-0.15, -0.1) is 0 Å². The maximum Gasteiger partial charge on any atom is 0.223 e. The molecule has 1 aliphatic heterocycles. The van der Waals surface area contributed by atoms with Crippen LogP contribution in [0.5, 0.6) is 11.5 Å². The van der Waals surface area contributed by atoms with Crippen LogP contribution in [-0.2, 0) is 9.22 Å². The molecule has 0 aromatic heterocycles. The number of hydrogen-bond acceptors (Lipinski definition) is 5. The van der Waals surface area contributed by atoms with Gasteiger partial charge in [0, 0.05) is 12.0 Å². The first-order chi connectivity index (χ1) is 13.0. The molecule has 0 radical (unpaired) electrons. The van der Waals surface area contributed by atoms with Gasteiger partial charge in [0.05, 0.1) is 33.4 Å². The minimum absolute atomic E-state index is 0.0117. The van der Waals surface area contributed by atoms with Crippen molar-refractivity contribution in [1.29, 1.82) is 0 Å². The van der Waals surface area contributed by atoms with Gasteiger partial charge >= 0.3 is 0 Å². The van der Waals surface area contributed by atoms with Crippen LogP contribution in [0.3, 0.4) is 0 Å². The second-order valence-electron chi connectivity index (χ2n) is 8.78. The zero-order chi connectivity index (χ0) is 21.1. The molecule has 1 fully saturated rings. The molecule has 1 heterocycles. The summed E-state index contributed by atoms with van der Waals surface area (Å²) in [7, 11) is 1.18. The minimum atomic E-state index is -1.90. The second kappa shape index (κ2) is 8.65. The molecule has 1 amide bonds. The average molecular weight is 408 g/mol. The molecule has 156 valence electrons. The van der Waals surface area contributed by atoms with E-state index < -0.39 is 8.32 Å². The molecule has 0 saturated carbocycles. The van der Waals surface area contributed by atoms with Gasteiger partial charge in [-0.1, -0.05) is 20.8 Å². The predicted molar refractivity (Wildman–Crippen MR) is 112 cm³/mol. The molecule has 1 aromatic carbocycles. The standard InChI is InChI=1S/C21H33NO5Si/c1-21(2,3)28(6,7)27-14-16-9-11-20(24)22(16)13-17(23)15-8-10-18(25-4)19(12-15)26-5/h8,10,12,16H,9,11,13-14H2,1-7H3/t16-/m0/s1. The molecule has 0 bridgehead atoms. The number of ketones is 1. The monoisotopic (exact) mass is 407 g/mol. The SMILES string of the molecule is COc1ccc(C(=O)CN2C(=O)CC[C@H]2CO[Si](C)(C)C(C)(C)C)cc1OC. The molecule has 1 aliphatic rings. The third-order valence-corrected chi connectivity index (χ3v) is 10.4. The van der Waals surface area contributed by atoms with Crippen molar-refractivity contribution in [3.8, 4) is 11.5 Å². The molecule has 0 aliphatic carbocycles. The van der Waals surface area contributed by atoms with Gasteiger partial charge in [0.25, 0.3) is 0 Å². The van der Waals surface area contributed by atoms with Crippen LogP contribution in [0, 0.1) is 0 Å². The van der Waals surface area contributed by atoms with Crippen LogP contribution in [0.2, 0.25) is 18.1 Å². The predicted octanol–water partition coefficient (Wildman–Crippen LogP) is 3.90. The topological polar surface area (TPSA) is 65.1 Å². The highest BCUT2D eigenvalue weighted by molar-refractivity contribution is 6.74. The Kier molecular flexibility index (Phi) is 6.93. The minimum Gasteiger partial charge on any atom is -0.493 e. The number of benzene rings is 1. The number of hydrogen-bond donors (Lipinski definition) is 0. The largest absolute Gasteiger partial charge is 0.493 e. The van der Waals surface area contributed by atoms with Crippen molar-refractivity contribution in [2.75, 3.05) is 27.4 Å². The normalized spacial score (nSPS) is 17.8. The van der Waals surface area contributed by atoms with Crippen LogP contribution in [0.1, 0.15) is 44.0 Å². The molecule has 1 saturated heterocycles. The van der Waals surface area contributed by atoms with Crippen molar-refractivity contribution in [2.24, 2.45) is 0 Å². The lowest BCUT2D eigenvalue weighted by atomic mass is 10.1. The van der Waals surface area contributed by atoms with Crippen LogP contribution in [0.4, 0.5) is 0 Å². The van der Waals surface area contributed by atoms with Gasteiger partial charge in [-0.3, -0.25) is 9.59 Å². The fourth-order valence-electron chi connectivity index (χ4n) is 2.96. The van der Waals surface area contributed by atoms with E-state index in [2.05, 4.69) is 33.9 Å². The molecule has 6 nitrogen and oxygen atoms in total. The molecule has 0 unspecified atom stereocenters. The number of ether oxygens (including phenoxy) is 2. The molecular weight excluding hydrogens is 374 g/mol. The number of nitrogens with zero attached hydrogens (tertiary/aromatic N) is 1. The van der Waals surface area contributed by atoms with E-state index in [4.69, 9.17) is 13.9 Å². The van der Waals surface area contributed by atoms with Crippen LogP contribution < -0.4 is 9.47 Å². The lowest BCUT2D eigenvalue weighted by Crippen LogP contribution is -2.46. The Bertz CT molecular complexity index is 726. The Hall–Kier alpha value is -1.86. The van der Waals surface area contributed by atoms with Crippen molar-refractivity contribution in [2.45, 2.75) is 57.8 Å². The quantitative estimate of drug-likeness (QED) is 0.483. The maximum absolute atomic E-state index is 12.8. The summed E-state index contributed by atoms with van der Waals surface area (Å²) >= 11 is 0. The zero-order valence-electron chi connectivity index (χ0n) is 18.1. The molecule has 28 heavy (non-hydrogen) atoms. The lowest BCUT2D eigenvalue weighted by molar-refractivity contribution is -0.128. The van der Waals surface area contributed by atoms with Crippen molar-refractivity contribution in [3.63, 3.8) is 0 Å². The first-order valence-corrected chi connectivity index (χ1v) is 12.6. The molecule has 7 heteroatoms. The summed E-state index contributed by atoms with van der Waals surface area (Å²) in [6.07, 6.45) is 1.19. The first-order valence-electron chi connectivity index (χ1n) is 9.69. The van der Waals surface area contributed by atoms with E-state index in [0.717, 1.165) is 6.42 Å². The number of carbonyl (C=O) groups excluding carboxylic acids is 2. The number of amides is 1. The van der Waals surface area contributed by atoms with Crippen molar-refractivity contribution in [3.05, 3.63) is 23.8 Å². The Morgan fingerprint density at radius 1 is 1.18 bits per heavy atom. The molecule has 0 spiro atoms. The Labute approximate surface area is 169 Å². The summed E-state index contributed by atoms with van der Waals surface area (Å²) in [5, 5.41) is 0.107. The fraction of sp³-hybridized carbons (Fsp3) is 0.619. The molecule has 1 atom stereocenters. The van der Waals surface area contributed by atoms with Gasteiger partial charge in [-0.05, 0) is 42.8 Å². The third-order valence-electron chi connectivity index (χ3n) is 5.91. The summed E-state index contributed by atoms with van der Waals surface area (Å²) in [5.74, 6) is 0.960. The van der Waals surface area contributed by atoms with E-state index in [1.165, 1.54) is 7.11 Å². The fourth-order valence-corrected chi connectivity index (χ4v) is 4.00.